The van der Waals surface area contributed by atoms with Crippen LogP contribution in [0.25, 0.3) is 0 Å². The summed E-state index contributed by atoms with van der Waals surface area (Å²) in [6.45, 7) is 0. The number of para-hydroxylation sites is 1. The number of carbonyl (C=O) groups is 1. The zero-order valence-corrected chi connectivity index (χ0v) is 33.8. The summed E-state index contributed by atoms with van der Waals surface area (Å²) in [4.78, 5) is 9.61. The second-order valence-corrected chi connectivity index (χ2v) is 19.2. The molecule has 0 aromatic heterocycles. The van der Waals surface area contributed by atoms with Crippen molar-refractivity contribution in [1.29, 1.82) is 5.26 Å². The Hall–Kier alpha value is -6.59. The Morgan fingerprint density at radius 3 is 1.64 bits per heavy atom. The van der Waals surface area contributed by atoms with E-state index in [1.54, 1.807) is 18.2 Å². The van der Waals surface area contributed by atoms with Gasteiger partial charge >= 0.3 is 16.1 Å². The average molecular weight is 880 g/mol. The van der Waals surface area contributed by atoms with Crippen LogP contribution in [0.1, 0.15) is 15.9 Å². The Morgan fingerprint density at radius 1 is 0.576 bits per heavy atom. The first kappa shape index (κ1) is 43.5. The lowest BCUT2D eigenvalue weighted by Crippen LogP contribution is -2.16. The van der Waals surface area contributed by atoms with E-state index in [0.717, 1.165) is 42.5 Å². The molecule has 304 valence electrons. The molecular formula is C40H30FNO13S4. The minimum Gasteiger partial charge on any atom is -0.497 e. The SMILES string of the molecule is COc1ccc(S(=O)(=O)c2ccc(S(=O)(=O)c3ccccc3)c(C#N)c2)cc1F.COc1ccc(S(=O)(=O)c2cccc(C(=O)O)c2OS(=O)(=O)c2ccccc2)cc1. The maximum atomic E-state index is 13.9. The average Bonchev–Trinajstić information content (AvgIpc) is 3.24. The number of aromatic carboxylic acids is 1. The molecule has 0 atom stereocenters. The molecule has 0 spiro atoms. The fraction of sp³-hybridized carbons (Fsp3) is 0.0500. The standard InChI is InChI=1S/C20H14FNO5S2.C20H16O8S2/c1-27-19-9-7-17(12-18(19)21)28(23,24)16-8-10-20(14(11-16)13-22)29(25,26)15-5-3-2-4-6-15;1-27-14-10-12-15(13-11-14)29(23,24)18-9-5-8-17(20(21)22)19(18)28-30(25,26)16-6-3-2-4-7-16/h2-12H,1H3;2-13H,1H3,(H,21,22). The van der Waals surface area contributed by atoms with E-state index >= 15 is 0 Å². The highest BCUT2D eigenvalue weighted by atomic mass is 32.2. The molecule has 0 radical (unpaired) electrons. The fourth-order valence-electron chi connectivity index (χ4n) is 5.28. The van der Waals surface area contributed by atoms with Crippen molar-refractivity contribution in [3.05, 3.63) is 156 Å². The summed E-state index contributed by atoms with van der Waals surface area (Å²) < 4.78 is 132. The molecule has 0 unspecified atom stereocenters. The van der Waals surface area contributed by atoms with Crippen molar-refractivity contribution in [2.24, 2.45) is 0 Å². The molecule has 19 heteroatoms. The van der Waals surface area contributed by atoms with Gasteiger partial charge in [-0.15, -0.1) is 0 Å². The highest BCUT2D eigenvalue weighted by molar-refractivity contribution is 7.92. The summed E-state index contributed by atoms with van der Waals surface area (Å²) in [7, 11) is -14.3. The molecule has 6 aromatic rings. The fourth-order valence-corrected chi connectivity index (χ4v) is 10.4. The first-order valence-electron chi connectivity index (χ1n) is 16.6. The maximum absolute atomic E-state index is 13.9. The highest BCUT2D eigenvalue weighted by Gasteiger charge is 2.31. The molecule has 0 aliphatic carbocycles. The topological polar surface area (TPSA) is 225 Å². The number of ether oxygens (including phenoxy) is 2. The molecule has 0 amide bonds. The van der Waals surface area contributed by atoms with Crippen molar-refractivity contribution < 1.29 is 61.6 Å². The lowest BCUT2D eigenvalue weighted by atomic mass is 10.2. The van der Waals surface area contributed by atoms with E-state index in [1.807, 2.05) is 0 Å². The van der Waals surface area contributed by atoms with E-state index in [0.29, 0.717) is 5.75 Å². The lowest BCUT2D eigenvalue weighted by molar-refractivity contribution is 0.0694. The lowest BCUT2D eigenvalue weighted by Gasteiger charge is -2.14. The smallest absolute Gasteiger partial charge is 0.339 e. The van der Waals surface area contributed by atoms with Crippen LogP contribution in [-0.4, -0.2) is 59.0 Å². The van der Waals surface area contributed by atoms with Crippen LogP contribution >= 0.6 is 0 Å². The van der Waals surface area contributed by atoms with Gasteiger partial charge in [-0.05, 0) is 97.1 Å². The second-order valence-electron chi connectivity index (χ2n) is 11.9. The van der Waals surface area contributed by atoms with Gasteiger partial charge in [0, 0.05) is 0 Å². The number of sulfone groups is 3. The van der Waals surface area contributed by atoms with Crippen LogP contribution in [0.15, 0.2) is 174 Å². The third-order valence-corrected chi connectivity index (χ3v) is 14.9. The molecule has 0 bridgehead atoms. The first-order valence-corrected chi connectivity index (χ1v) is 22.4. The van der Waals surface area contributed by atoms with Gasteiger partial charge in [0.15, 0.2) is 17.3 Å². The molecule has 0 saturated carbocycles. The third kappa shape index (κ3) is 9.26. The van der Waals surface area contributed by atoms with Crippen molar-refractivity contribution in [2.45, 2.75) is 34.3 Å². The van der Waals surface area contributed by atoms with Gasteiger partial charge in [-0.1, -0.05) is 42.5 Å². The van der Waals surface area contributed by atoms with Crippen LogP contribution in [0, 0.1) is 17.1 Å². The van der Waals surface area contributed by atoms with E-state index < -0.39 is 67.6 Å². The summed E-state index contributed by atoms with van der Waals surface area (Å²) in [6, 6.07) is 31.1. The summed E-state index contributed by atoms with van der Waals surface area (Å²) in [6.07, 6.45) is 0. The number of nitriles is 1. The van der Waals surface area contributed by atoms with E-state index in [1.165, 1.54) is 99.1 Å². The van der Waals surface area contributed by atoms with Crippen LogP contribution in [-0.2, 0) is 39.6 Å². The molecule has 0 aliphatic heterocycles. The number of methoxy groups -OCH3 is 2. The molecule has 0 heterocycles. The number of carboxylic acid groups (broad SMARTS) is 1. The van der Waals surface area contributed by atoms with Crippen molar-refractivity contribution in [1.82, 2.24) is 0 Å². The molecule has 6 rings (SSSR count). The Balaban J connectivity index is 0.000000224. The van der Waals surface area contributed by atoms with Crippen LogP contribution in [0.5, 0.6) is 17.2 Å². The second kappa shape index (κ2) is 17.5. The number of halogens is 1. The summed E-state index contributed by atoms with van der Waals surface area (Å²) in [5, 5.41) is 18.9. The molecule has 59 heavy (non-hydrogen) atoms. The number of carboxylic acids is 1. The third-order valence-electron chi connectivity index (χ3n) is 8.25. The van der Waals surface area contributed by atoms with Crippen molar-refractivity contribution in [3.8, 4) is 23.3 Å². The molecule has 6 aromatic carbocycles. The summed E-state index contributed by atoms with van der Waals surface area (Å²) >= 11 is 0. The number of nitrogens with zero attached hydrogens (tertiary/aromatic N) is 1. The molecule has 0 saturated heterocycles. The Morgan fingerprint density at radius 2 is 1.10 bits per heavy atom. The number of hydrogen-bond acceptors (Lipinski definition) is 13. The normalized spacial score (nSPS) is 11.6. The quantitative estimate of drug-likeness (QED) is 0.132. The van der Waals surface area contributed by atoms with Crippen LogP contribution in [0.4, 0.5) is 4.39 Å². The van der Waals surface area contributed by atoms with Gasteiger partial charge in [0.25, 0.3) is 0 Å². The van der Waals surface area contributed by atoms with Crippen LogP contribution in [0.2, 0.25) is 0 Å². The predicted molar refractivity (Wildman–Crippen MR) is 208 cm³/mol. The van der Waals surface area contributed by atoms with Gasteiger partial charge in [-0.25, -0.2) is 34.4 Å². The Kier molecular flexibility index (Phi) is 12.9. The van der Waals surface area contributed by atoms with E-state index in [9.17, 15) is 53.2 Å². The Labute approximate surface area is 339 Å². The van der Waals surface area contributed by atoms with Gasteiger partial charge in [0.2, 0.25) is 29.5 Å². The van der Waals surface area contributed by atoms with Crippen molar-refractivity contribution in [2.75, 3.05) is 14.2 Å². The molecule has 1 N–H and O–H groups in total. The Bertz CT molecular complexity index is 3030. The monoisotopic (exact) mass is 879 g/mol. The number of hydrogen-bond donors (Lipinski definition) is 1. The zero-order valence-electron chi connectivity index (χ0n) is 30.6. The van der Waals surface area contributed by atoms with Crippen LogP contribution < -0.4 is 13.7 Å². The molecule has 14 nitrogen and oxygen atoms in total. The van der Waals surface area contributed by atoms with Gasteiger partial charge in [-0.3, -0.25) is 0 Å². The van der Waals surface area contributed by atoms with Crippen LogP contribution in [0.3, 0.4) is 0 Å². The zero-order chi connectivity index (χ0) is 43.2. The van der Waals surface area contributed by atoms with E-state index in [-0.39, 0.29) is 40.7 Å². The number of rotatable bonds is 12. The minimum absolute atomic E-state index is 0.0238. The first-order chi connectivity index (χ1) is 27.9. The molecule has 0 aliphatic rings. The highest BCUT2D eigenvalue weighted by Crippen LogP contribution is 2.35. The predicted octanol–water partition coefficient (Wildman–Crippen LogP) is 6.37. The van der Waals surface area contributed by atoms with Gasteiger partial charge in [-0.2, -0.15) is 13.7 Å². The largest absolute Gasteiger partial charge is 0.497 e. The maximum Gasteiger partial charge on any atom is 0.339 e. The van der Waals surface area contributed by atoms with Gasteiger partial charge in [0.1, 0.15) is 27.2 Å². The molecular weight excluding hydrogens is 850 g/mol. The van der Waals surface area contributed by atoms with Crippen molar-refractivity contribution in [3.63, 3.8) is 0 Å². The molecule has 0 fully saturated rings. The van der Waals surface area contributed by atoms with Gasteiger partial charge in [0.05, 0.1) is 44.3 Å². The summed E-state index contributed by atoms with van der Waals surface area (Å²) in [5.41, 5.74) is -0.937. The van der Waals surface area contributed by atoms with Gasteiger partial charge < -0.3 is 18.8 Å². The van der Waals surface area contributed by atoms with E-state index in [4.69, 9.17) is 13.7 Å². The van der Waals surface area contributed by atoms with Crippen molar-refractivity contribution >= 4 is 45.6 Å². The minimum atomic E-state index is -4.49. The number of benzene rings is 6. The summed E-state index contributed by atoms with van der Waals surface area (Å²) in [5.74, 6) is -2.90. The van der Waals surface area contributed by atoms with E-state index in [2.05, 4.69) is 0 Å².